The first kappa shape index (κ1) is 16.5. The van der Waals surface area contributed by atoms with Gasteiger partial charge in [0, 0.05) is 12.6 Å². The Bertz CT molecular complexity index is 447. The Kier molecular flexibility index (Phi) is 6.00. The third-order valence-corrected chi connectivity index (χ3v) is 3.69. The van der Waals surface area contributed by atoms with Gasteiger partial charge in [0.1, 0.15) is 11.8 Å². The topological polar surface area (TPSA) is 65.3 Å². The normalized spacial score (nSPS) is 15.4. The maximum atomic E-state index is 10.2. The van der Waals surface area contributed by atoms with E-state index < -0.39 is 5.60 Å². The van der Waals surface area contributed by atoms with E-state index in [1.165, 1.54) is 0 Å². The van der Waals surface area contributed by atoms with E-state index in [-0.39, 0.29) is 18.6 Å². The molecule has 0 radical (unpaired) electrons. The summed E-state index contributed by atoms with van der Waals surface area (Å²) in [4.78, 5) is 0. The van der Waals surface area contributed by atoms with Crippen molar-refractivity contribution in [2.24, 2.45) is 5.92 Å². The van der Waals surface area contributed by atoms with E-state index in [9.17, 15) is 5.11 Å². The highest BCUT2D eigenvalue weighted by atomic mass is 16.5. The first-order chi connectivity index (χ1) is 9.36. The molecule has 2 atom stereocenters. The molecule has 0 heterocycles. The van der Waals surface area contributed by atoms with E-state index in [1.54, 1.807) is 0 Å². The van der Waals surface area contributed by atoms with Gasteiger partial charge < -0.3 is 15.2 Å². The van der Waals surface area contributed by atoms with Gasteiger partial charge in [0.25, 0.3) is 0 Å². The molecule has 0 aliphatic carbocycles. The fourth-order valence-corrected chi connectivity index (χ4v) is 1.65. The third-order valence-electron chi connectivity index (χ3n) is 3.69. The zero-order valence-electron chi connectivity index (χ0n) is 12.7. The maximum Gasteiger partial charge on any atom is 0.174 e. The quantitative estimate of drug-likeness (QED) is 0.803. The number of ether oxygens (including phenoxy) is 1. The molecule has 4 nitrogen and oxygen atoms in total. The number of hydrogen-bond donors (Lipinski definition) is 2. The standard InChI is InChI=1S/C16H24N2O2/c1-12(2)16(4,19)11-18-13(3)14-5-7-15(8-6-14)20-10-9-17/h5-8,12-13,18-19H,10-11H2,1-4H3. The number of nitrogens with zero attached hydrogens (tertiary/aromatic N) is 1. The van der Waals surface area contributed by atoms with Gasteiger partial charge in [0.2, 0.25) is 0 Å². The molecule has 20 heavy (non-hydrogen) atoms. The Morgan fingerprint density at radius 1 is 1.30 bits per heavy atom. The summed E-state index contributed by atoms with van der Waals surface area (Å²) in [5.41, 5.74) is 0.401. The zero-order valence-corrected chi connectivity index (χ0v) is 12.7. The molecule has 0 aromatic heterocycles. The van der Waals surface area contributed by atoms with Crippen molar-refractivity contribution in [1.29, 1.82) is 5.26 Å². The molecule has 1 rings (SSSR count). The van der Waals surface area contributed by atoms with Crippen molar-refractivity contribution in [1.82, 2.24) is 5.32 Å². The highest BCUT2D eigenvalue weighted by molar-refractivity contribution is 5.29. The summed E-state index contributed by atoms with van der Waals surface area (Å²) in [5, 5.41) is 22.0. The van der Waals surface area contributed by atoms with Gasteiger partial charge in [0.05, 0.1) is 5.60 Å². The van der Waals surface area contributed by atoms with Crippen LogP contribution < -0.4 is 10.1 Å². The number of aliphatic hydroxyl groups is 1. The predicted octanol–water partition coefficient (Wildman–Crippen LogP) is 2.65. The molecule has 0 aliphatic rings. The summed E-state index contributed by atoms with van der Waals surface area (Å²) in [6, 6.07) is 9.72. The van der Waals surface area contributed by atoms with Gasteiger partial charge in [-0.05, 0) is 37.5 Å². The zero-order chi connectivity index (χ0) is 15.2. The van der Waals surface area contributed by atoms with Crippen LogP contribution in [0.4, 0.5) is 0 Å². The molecule has 0 saturated carbocycles. The summed E-state index contributed by atoms with van der Waals surface area (Å²) in [6.07, 6.45) is 0. The van der Waals surface area contributed by atoms with Crippen molar-refractivity contribution >= 4 is 0 Å². The van der Waals surface area contributed by atoms with Crippen molar-refractivity contribution in [2.45, 2.75) is 39.3 Å². The molecule has 2 unspecified atom stereocenters. The monoisotopic (exact) mass is 276 g/mol. The van der Waals surface area contributed by atoms with Crippen LogP contribution >= 0.6 is 0 Å². The van der Waals surface area contributed by atoms with Gasteiger partial charge in [0.15, 0.2) is 6.61 Å². The second kappa shape index (κ2) is 7.28. The van der Waals surface area contributed by atoms with Gasteiger partial charge in [-0.3, -0.25) is 0 Å². The van der Waals surface area contributed by atoms with Crippen molar-refractivity contribution in [2.75, 3.05) is 13.2 Å². The average Bonchev–Trinajstić information content (AvgIpc) is 2.43. The number of benzene rings is 1. The summed E-state index contributed by atoms with van der Waals surface area (Å²) in [5.74, 6) is 0.889. The number of nitriles is 1. The van der Waals surface area contributed by atoms with Crippen molar-refractivity contribution in [3.05, 3.63) is 29.8 Å². The lowest BCUT2D eigenvalue weighted by atomic mass is 9.92. The van der Waals surface area contributed by atoms with Crippen LogP contribution in [0.5, 0.6) is 5.75 Å². The predicted molar refractivity (Wildman–Crippen MR) is 79.4 cm³/mol. The molecule has 0 amide bonds. The molecule has 0 bridgehead atoms. The highest BCUT2D eigenvalue weighted by Gasteiger charge is 2.25. The lowest BCUT2D eigenvalue weighted by molar-refractivity contribution is 0.0122. The minimum Gasteiger partial charge on any atom is -0.479 e. The van der Waals surface area contributed by atoms with Crippen LogP contribution in [0.1, 0.15) is 39.3 Å². The highest BCUT2D eigenvalue weighted by Crippen LogP contribution is 2.20. The minimum absolute atomic E-state index is 0.0599. The van der Waals surface area contributed by atoms with Crippen molar-refractivity contribution < 1.29 is 9.84 Å². The van der Waals surface area contributed by atoms with Gasteiger partial charge in [-0.2, -0.15) is 5.26 Å². The second-order valence-corrected chi connectivity index (χ2v) is 5.63. The molecule has 4 heteroatoms. The van der Waals surface area contributed by atoms with Crippen molar-refractivity contribution in [3.63, 3.8) is 0 Å². The Balaban J connectivity index is 2.56. The molecular formula is C16H24N2O2. The van der Waals surface area contributed by atoms with Crippen LogP contribution in [0.3, 0.4) is 0 Å². The van der Waals surface area contributed by atoms with Crippen LogP contribution in [-0.4, -0.2) is 23.9 Å². The molecule has 0 spiro atoms. The number of hydrogen-bond acceptors (Lipinski definition) is 4. The van der Waals surface area contributed by atoms with E-state index in [1.807, 2.05) is 51.1 Å². The molecule has 110 valence electrons. The fraction of sp³-hybridized carbons (Fsp3) is 0.562. The first-order valence-electron chi connectivity index (χ1n) is 6.92. The molecule has 2 N–H and O–H groups in total. The Hall–Kier alpha value is -1.57. The molecule has 0 fully saturated rings. The summed E-state index contributed by atoms with van der Waals surface area (Å²) in [7, 11) is 0. The molecule has 0 aliphatic heterocycles. The Labute approximate surface area is 121 Å². The van der Waals surface area contributed by atoms with E-state index >= 15 is 0 Å². The fourth-order valence-electron chi connectivity index (χ4n) is 1.65. The summed E-state index contributed by atoms with van der Waals surface area (Å²) < 4.78 is 5.21. The summed E-state index contributed by atoms with van der Waals surface area (Å²) in [6.45, 7) is 8.52. The molecule has 0 saturated heterocycles. The molecular weight excluding hydrogens is 252 g/mol. The lowest BCUT2D eigenvalue weighted by Crippen LogP contribution is -2.42. The van der Waals surface area contributed by atoms with Gasteiger partial charge in [-0.25, -0.2) is 0 Å². The van der Waals surface area contributed by atoms with Crippen LogP contribution in [0.25, 0.3) is 0 Å². The van der Waals surface area contributed by atoms with Crippen LogP contribution in [0, 0.1) is 17.2 Å². The van der Waals surface area contributed by atoms with E-state index in [0.717, 1.165) is 5.56 Å². The van der Waals surface area contributed by atoms with Gasteiger partial charge in [-0.15, -0.1) is 0 Å². The molecule has 1 aromatic rings. The largest absolute Gasteiger partial charge is 0.479 e. The van der Waals surface area contributed by atoms with E-state index in [2.05, 4.69) is 12.2 Å². The van der Waals surface area contributed by atoms with Crippen LogP contribution in [0.2, 0.25) is 0 Å². The van der Waals surface area contributed by atoms with E-state index in [0.29, 0.717) is 12.3 Å². The number of rotatable bonds is 7. The minimum atomic E-state index is -0.718. The third kappa shape index (κ3) is 4.84. The smallest absolute Gasteiger partial charge is 0.174 e. The maximum absolute atomic E-state index is 10.2. The Morgan fingerprint density at radius 2 is 1.90 bits per heavy atom. The van der Waals surface area contributed by atoms with Crippen molar-refractivity contribution in [3.8, 4) is 11.8 Å². The van der Waals surface area contributed by atoms with Gasteiger partial charge in [-0.1, -0.05) is 26.0 Å². The van der Waals surface area contributed by atoms with E-state index in [4.69, 9.17) is 10.00 Å². The molecule has 1 aromatic carbocycles. The van der Waals surface area contributed by atoms with Crippen LogP contribution in [-0.2, 0) is 0 Å². The van der Waals surface area contributed by atoms with Crippen LogP contribution in [0.15, 0.2) is 24.3 Å². The van der Waals surface area contributed by atoms with Gasteiger partial charge >= 0.3 is 0 Å². The number of nitrogens with one attached hydrogen (secondary N) is 1. The first-order valence-corrected chi connectivity index (χ1v) is 6.92. The summed E-state index contributed by atoms with van der Waals surface area (Å²) >= 11 is 0. The average molecular weight is 276 g/mol. The lowest BCUT2D eigenvalue weighted by Gasteiger charge is -2.29. The Morgan fingerprint density at radius 3 is 2.40 bits per heavy atom. The SMILES string of the molecule is CC(NCC(C)(O)C(C)C)c1ccc(OCC#N)cc1. The second-order valence-electron chi connectivity index (χ2n) is 5.63.